The summed E-state index contributed by atoms with van der Waals surface area (Å²) in [5, 5.41) is 15.1. The van der Waals surface area contributed by atoms with Gasteiger partial charge < -0.3 is 5.11 Å². The zero-order valence-corrected chi connectivity index (χ0v) is 11.2. The van der Waals surface area contributed by atoms with Gasteiger partial charge in [0.15, 0.2) is 0 Å². The van der Waals surface area contributed by atoms with Gasteiger partial charge in [0.05, 0.1) is 16.9 Å². The second kappa shape index (κ2) is 5.50. The summed E-state index contributed by atoms with van der Waals surface area (Å²) in [6.07, 6.45) is 5.07. The minimum absolute atomic E-state index is 0.489. The minimum Gasteiger partial charge on any atom is -0.382 e. The first kappa shape index (κ1) is 13.1. The topological polar surface area (TPSA) is 50.9 Å². The van der Waals surface area contributed by atoms with E-state index in [2.05, 4.69) is 10.1 Å². The fraction of sp³-hybridized carbons (Fsp3) is 0.385. The molecule has 5 heteroatoms. The molecule has 2 heterocycles. The highest BCUT2D eigenvalue weighted by molar-refractivity contribution is 6.31. The van der Waals surface area contributed by atoms with Crippen LogP contribution in [0, 0.1) is 0 Å². The standard InChI is InChI=1S/C13H16ClN3O/c1-3-9-7-15-6-5-10(9)13(18)12-11(14)8-16-17(12)4-2/h5-8,13,18H,3-4H2,1-2H3. The molecule has 0 radical (unpaired) electrons. The molecule has 1 N–H and O–H groups in total. The molecule has 2 rings (SSSR count). The molecule has 0 amide bonds. The lowest BCUT2D eigenvalue weighted by Gasteiger charge is -2.16. The number of aliphatic hydroxyl groups excluding tert-OH is 1. The van der Waals surface area contributed by atoms with E-state index in [1.165, 1.54) is 0 Å². The number of rotatable bonds is 4. The van der Waals surface area contributed by atoms with Crippen LogP contribution in [0.15, 0.2) is 24.7 Å². The van der Waals surface area contributed by atoms with Crippen molar-refractivity contribution in [3.63, 3.8) is 0 Å². The van der Waals surface area contributed by atoms with Crippen molar-refractivity contribution in [1.29, 1.82) is 0 Å². The van der Waals surface area contributed by atoms with E-state index in [0.29, 0.717) is 17.3 Å². The first-order chi connectivity index (χ1) is 8.69. The first-order valence-electron chi connectivity index (χ1n) is 6.01. The molecule has 0 aliphatic rings. The van der Waals surface area contributed by atoms with Crippen molar-refractivity contribution in [3.05, 3.63) is 46.5 Å². The fourth-order valence-electron chi connectivity index (χ4n) is 2.04. The largest absolute Gasteiger partial charge is 0.382 e. The SMILES string of the molecule is CCc1cnccc1C(O)c1c(Cl)cnn1CC. The molecule has 0 spiro atoms. The number of aryl methyl sites for hydroxylation is 2. The molecule has 0 aliphatic heterocycles. The van der Waals surface area contributed by atoms with Gasteiger partial charge in [-0.2, -0.15) is 5.10 Å². The molecule has 0 aromatic carbocycles. The molecule has 0 saturated carbocycles. The van der Waals surface area contributed by atoms with Crippen LogP contribution in [0.4, 0.5) is 0 Å². The van der Waals surface area contributed by atoms with Gasteiger partial charge in [-0.3, -0.25) is 9.67 Å². The van der Waals surface area contributed by atoms with E-state index >= 15 is 0 Å². The minimum atomic E-state index is -0.766. The molecule has 2 aromatic heterocycles. The van der Waals surface area contributed by atoms with Crippen molar-refractivity contribution < 1.29 is 5.11 Å². The fourth-order valence-corrected chi connectivity index (χ4v) is 2.29. The van der Waals surface area contributed by atoms with Gasteiger partial charge in [0, 0.05) is 18.9 Å². The second-order valence-electron chi connectivity index (χ2n) is 4.02. The van der Waals surface area contributed by atoms with Gasteiger partial charge >= 0.3 is 0 Å². The van der Waals surface area contributed by atoms with Gasteiger partial charge in [-0.25, -0.2) is 0 Å². The number of hydrogen-bond acceptors (Lipinski definition) is 3. The van der Waals surface area contributed by atoms with Crippen LogP contribution in [0.2, 0.25) is 5.02 Å². The monoisotopic (exact) mass is 265 g/mol. The third kappa shape index (κ3) is 2.26. The molecule has 96 valence electrons. The molecule has 4 nitrogen and oxygen atoms in total. The third-order valence-corrected chi connectivity index (χ3v) is 3.30. The van der Waals surface area contributed by atoms with Gasteiger partial charge in [0.2, 0.25) is 0 Å². The van der Waals surface area contributed by atoms with E-state index in [4.69, 9.17) is 11.6 Å². The molecule has 0 fully saturated rings. The summed E-state index contributed by atoms with van der Waals surface area (Å²) in [7, 11) is 0. The molecular formula is C13H16ClN3O. The highest BCUT2D eigenvalue weighted by Gasteiger charge is 2.21. The third-order valence-electron chi connectivity index (χ3n) is 3.01. The van der Waals surface area contributed by atoms with E-state index in [9.17, 15) is 5.11 Å². The Morgan fingerprint density at radius 3 is 2.83 bits per heavy atom. The van der Waals surface area contributed by atoms with Crippen LogP contribution in [-0.4, -0.2) is 19.9 Å². The Labute approximate surface area is 111 Å². The lowest BCUT2D eigenvalue weighted by atomic mass is 10.0. The van der Waals surface area contributed by atoms with Crippen LogP contribution >= 0.6 is 11.6 Å². The number of aliphatic hydroxyl groups is 1. The molecule has 1 atom stereocenters. The van der Waals surface area contributed by atoms with E-state index in [1.807, 2.05) is 19.9 Å². The van der Waals surface area contributed by atoms with Crippen LogP contribution in [0.1, 0.15) is 36.8 Å². The number of pyridine rings is 1. The van der Waals surface area contributed by atoms with Gasteiger partial charge in [0.1, 0.15) is 6.10 Å². The van der Waals surface area contributed by atoms with Crippen molar-refractivity contribution in [2.24, 2.45) is 0 Å². The molecule has 0 aliphatic carbocycles. The van der Waals surface area contributed by atoms with Crippen molar-refractivity contribution in [2.45, 2.75) is 32.9 Å². The highest BCUT2D eigenvalue weighted by atomic mass is 35.5. The average molecular weight is 266 g/mol. The Morgan fingerprint density at radius 1 is 1.39 bits per heavy atom. The second-order valence-corrected chi connectivity index (χ2v) is 4.43. The smallest absolute Gasteiger partial charge is 0.123 e. The average Bonchev–Trinajstić information content (AvgIpc) is 2.79. The summed E-state index contributed by atoms with van der Waals surface area (Å²) in [5.74, 6) is 0. The Kier molecular flexibility index (Phi) is 3.99. The Bertz CT molecular complexity index is 539. The van der Waals surface area contributed by atoms with Crippen molar-refractivity contribution >= 4 is 11.6 Å². The summed E-state index contributed by atoms with van der Waals surface area (Å²) in [6.45, 7) is 4.67. The van der Waals surface area contributed by atoms with E-state index in [1.54, 1.807) is 23.3 Å². The lowest BCUT2D eigenvalue weighted by Crippen LogP contribution is -2.11. The van der Waals surface area contributed by atoms with Crippen LogP contribution in [0.5, 0.6) is 0 Å². The predicted octanol–water partition coefficient (Wildman–Crippen LogP) is 2.60. The molecule has 2 aromatic rings. The zero-order chi connectivity index (χ0) is 13.1. The van der Waals surface area contributed by atoms with Crippen LogP contribution in [0.3, 0.4) is 0 Å². The summed E-state index contributed by atoms with van der Waals surface area (Å²) >= 11 is 6.11. The number of halogens is 1. The molecular weight excluding hydrogens is 250 g/mol. The quantitative estimate of drug-likeness (QED) is 0.924. The van der Waals surface area contributed by atoms with Gasteiger partial charge in [-0.05, 0) is 30.5 Å². The number of hydrogen-bond donors (Lipinski definition) is 1. The van der Waals surface area contributed by atoms with E-state index < -0.39 is 6.10 Å². The van der Waals surface area contributed by atoms with Crippen LogP contribution in [-0.2, 0) is 13.0 Å². The summed E-state index contributed by atoms with van der Waals surface area (Å²) < 4.78 is 1.72. The van der Waals surface area contributed by atoms with Crippen LogP contribution in [0.25, 0.3) is 0 Å². The Morgan fingerprint density at radius 2 is 2.17 bits per heavy atom. The lowest BCUT2D eigenvalue weighted by molar-refractivity contribution is 0.207. The van der Waals surface area contributed by atoms with Crippen LogP contribution < -0.4 is 0 Å². The highest BCUT2D eigenvalue weighted by Crippen LogP contribution is 2.29. The number of aromatic nitrogens is 3. The maximum absolute atomic E-state index is 10.5. The first-order valence-corrected chi connectivity index (χ1v) is 6.38. The van der Waals surface area contributed by atoms with Gasteiger partial charge in [-0.15, -0.1) is 0 Å². The molecule has 18 heavy (non-hydrogen) atoms. The molecule has 1 unspecified atom stereocenters. The summed E-state index contributed by atoms with van der Waals surface area (Å²) in [4.78, 5) is 4.08. The Hall–Kier alpha value is -1.39. The van der Waals surface area contributed by atoms with Crippen molar-refractivity contribution in [3.8, 4) is 0 Å². The van der Waals surface area contributed by atoms with E-state index in [0.717, 1.165) is 17.5 Å². The van der Waals surface area contributed by atoms with Crippen molar-refractivity contribution in [2.75, 3.05) is 0 Å². The van der Waals surface area contributed by atoms with Gasteiger partial charge in [-0.1, -0.05) is 18.5 Å². The maximum Gasteiger partial charge on any atom is 0.123 e. The predicted molar refractivity (Wildman–Crippen MR) is 70.6 cm³/mol. The summed E-state index contributed by atoms with van der Waals surface area (Å²) in [5.41, 5.74) is 2.49. The zero-order valence-electron chi connectivity index (χ0n) is 10.5. The summed E-state index contributed by atoms with van der Waals surface area (Å²) in [6, 6.07) is 1.83. The molecule has 0 bridgehead atoms. The van der Waals surface area contributed by atoms with E-state index in [-0.39, 0.29) is 0 Å². The number of nitrogens with zero attached hydrogens (tertiary/aromatic N) is 3. The normalized spacial score (nSPS) is 12.7. The Balaban J connectivity index is 2.47. The van der Waals surface area contributed by atoms with Crippen molar-refractivity contribution in [1.82, 2.24) is 14.8 Å². The molecule has 0 saturated heterocycles. The maximum atomic E-state index is 10.5. The van der Waals surface area contributed by atoms with Gasteiger partial charge in [0.25, 0.3) is 0 Å².